The molecule has 0 spiro atoms. The van der Waals surface area contributed by atoms with Crippen LogP contribution in [-0.4, -0.2) is 47.1 Å². The maximum Gasteiger partial charge on any atom is 0.321 e. The van der Waals surface area contributed by atoms with Gasteiger partial charge in [0.15, 0.2) is 0 Å². The fraction of sp³-hybridized carbons (Fsp3) is 0.320. The van der Waals surface area contributed by atoms with Gasteiger partial charge in [0.1, 0.15) is 11.6 Å². The number of aromatic nitrogens is 2. The number of hydrogen-bond acceptors (Lipinski definition) is 4. The van der Waals surface area contributed by atoms with Gasteiger partial charge in [0.2, 0.25) is 0 Å². The van der Waals surface area contributed by atoms with Crippen LogP contribution in [0.1, 0.15) is 29.1 Å². The van der Waals surface area contributed by atoms with E-state index in [0.717, 1.165) is 58.6 Å². The highest BCUT2D eigenvalue weighted by molar-refractivity contribution is 6.30. The highest BCUT2D eigenvalue weighted by atomic mass is 35.5. The highest BCUT2D eigenvalue weighted by Gasteiger charge is 2.23. The molecule has 2 aromatic carbocycles. The maximum atomic E-state index is 12.8. The molecule has 0 saturated carbocycles. The molecule has 2 heterocycles. The Morgan fingerprint density at radius 3 is 2.27 bits per heavy atom. The van der Waals surface area contributed by atoms with Gasteiger partial charge >= 0.3 is 6.03 Å². The lowest BCUT2D eigenvalue weighted by Gasteiger charge is -2.26. The van der Waals surface area contributed by atoms with Crippen molar-refractivity contribution in [3.05, 3.63) is 81.2 Å². The Kier molecular flexibility index (Phi) is 7.36. The van der Waals surface area contributed by atoms with Gasteiger partial charge in [-0.3, -0.25) is 0 Å². The number of benzene rings is 2. The summed E-state index contributed by atoms with van der Waals surface area (Å²) in [4.78, 5) is 26.4. The second-order valence-corrected chi connectivity index (χ2v) is 9.10. The molecule has 0 atom stereocenters. The molecule has 3 aromatic rings. The topological polar surface area (TPSA) is 61.4 Å². The lowest BCUT2D eigenvalue weighted by molar-refractivity contribution is 0.215. The quantitative estimate of drug-likeness (QED) is 0.514. The number of nitrogens with one attached hydrogen (secondary N) is 1. The summed E-state index contributed by atoms with van der Waals surface area (Å²) in [6.07, 6.45) is 1.59. The minimum Gasteiger partial charge on any atom is -0.354 e. The van der Waals surface area contributed by atoms with Crippen LogP contribution >= 0.6 is 23.2 Å². The Balaban J connectivity index is 1.49. The van der Waals surface area contributed by atoms with Crippen LogP contribution in [0, 0.1) is 13.8 Å². The van der Waals surface area contributed by atoms with Gasteiger partial charge in [-0.05, 0) is 62.2 Å². The molecule has 4 rings (SSSR count). The number of carbonyl (C=O) groups excluding carboxylic acids is 1. The van der Waals surface area contributed by atoms with Gasteiger partial charge in [-0.2, -0.15) is 0 Å². The largest absolute Gasteiger partial charge is 0.354 e. The summed E-state index contributed by atoms with van der Waals surface area (Å²) >= 11 is 12.0. The molecule has 1 aliphatic heterocycles. The zero-order valence-electron chi connectivity index (χ0n) is 18.8. The average Bonchev–Trinajstić information content (AvgIpc) is 3.05. The van der Waals surface area contributed by atoms with Crippen LogP contribution < -0.4 is 10.2 Å². The lowest BCUT2D eigenvalue weighted by atomic mass is 10.0. The number of carbonyl (C=O) groups is 1. The molecular weight excluding hydrogens is 457 g/mol. The van der Waals surface area contributed by atoms with Crippen LogP contribution in [-0.2, 0) is 6.42 Å². The van der Waals surface area contributed by atoms with Crippen molar-refractivity contribution in [1.29, 1.82) is 0 Å². The molecule has 1 aromatic heterocycles. The Labute approximate surface area is 204 Å². The second-order valence-electron chi connectivity index (χ2n) is 8.23. The second kappa shape index (κ2) is 10.4. The fourth-order valence-corrected chi connectivity index (χ4v) is 4.31. The number of halogens is 2. The zero-order valence-corrected chi connectivity index (χ0v) is 20.3. The van der Waals surface area contributed by atoms with Gasteiger partial charge in [-0.1, -0.05) is 35.3 Å². The number of nitrogens with zero attached hydrogens (tertiary/aromatic N) is 4. The Hall–Kier alpha value is -2.83. The van der Waals surface area contributed by atoms with Crippen LogP contribution in [0.3, 0.4) is 0 Å². The van der Waals surface area contributed by atoms with Gasteiger partial charge in [-0.25, -0.2) is 14.8 Å². The van der Waals surface area contributed by atoms with Crippen LogP contribution in [0.25, 0.3) is 0 Å². The van der Waals surface area contributed by atoms with E-state index in [1.807, 2.05) is 43.0 Å². The smallest absolute Gasteiger partial charge is 0.321 e. The summed E-state index contributed by atoms with van der Waals surface area (Å²) in [6.45, 7) is 6.79. The SMILES string of the molecule is Cc1nc(C)c(Cc2ccc(Cl)cc2)c(N2CCCN(C(=O)Nc3ccc(Cl)cc3)CC2)n1. The van der Waals surface area contributed by atoms with Crippen LogP contribution in [0.2, 0.25) is 10.0 Å². The van der Waals surface area contributed by atoms with E-state index >= 15 is 0 Å². The minimum absolute atomic E-state index is 0.101. The third-order valence-electron chi connectivity index (χ3n) is 5.78. The van der Waals surface area contributed by atoms with Gasteiger partial charge in [0, 0.05) is 59.6 Å². The van der Waals surface area contributed by atoms with E-state index in [-0.39, 0.29) is 6.03 Å². The van der Waals surface area contributed by atoms with E-state index in [0.29, 0.717) is 24.7 Å². The molecule has 1 N–H and O–H groups in total. The van der Waals surface area contributed by atoms with Crippen LogP contribution in [0.4, 0.5) is 16.3 Å². The lowest BCUT2D eigenvalue weighted by Crippen LogP contribution is -2.38. The summed E-state index contributed by atoms with van der Waals surface area (Å²) < 4.78 is 0. The van der Waals surface area contributed by atoms with Gasteiger partial charge in [-0.15, -0.1) is 0 Å². The van der Waals surface area contributed by atoms with Crippen molar-refractivity contribution >= 4 is 40.7 Å². The highest BCUT2D eigenvalue weighted by Crippen LogP contribution is 2.26. The summed E-state index contributed by atoms with van der Waals surface area (Å²) in [5.74, 6) is 1.71. The van der Waals surface area contributed by atoms with Crippen LogP contribution in [0.5, 0.6) is 0 Å². The molecule has 8 heteroatoms. The summed E-state index contributed by atoms with van der Waals surface area (Å²) in [7, 11) is 0. The van der Waals surface area contributed by atoms with Crippen molar-refractivity contribution in [1.82, 2.24) is 14.9 Å². The van der Waals surface area contributed by atoms with Crippen LogP contribution in [0.15, 0.2) is 48.5 Å². The summed E-state index contributed by atoms with van der Waals surface area (Å²) in [6, 6.07) is 14.9. The van der Waals surface area contributed by atoms with E-state index < -0.39 is 0 Å². The predicted octanol–water partition coefficient (Wildman–Crippen LogP) is 5.74. The van der Waals surface area contributed by atoms with Crippen molar-refractivity contribution in [2.45, 2.75) is 26.7 Å². The summed E-state index contributed by atoms with van der Waals surface area (Å²) in [5.41, 5.74) is 3.99. The molecule has 6 nitrogen and oxygen atoms in total. The monoisotopic (exact) mass is 483 g/mol. The molecule has 1 aliphatic rings. The van der Waals surface area contributed by atoms with Gasteiger partial charge in [0.05, 0.1) is 0 Å². The van der Waals surface area contributed by atoms with E-state index in [9.17, 15) is 4.79 Å². The average molecular weight is 484 g/mol. The number of anilines is 2. The van der Waals surface area contributed by atoms with Crippen molar-refractivity contribution < 1.29 is 4.79 Å². The third kappa shape index (κ3) is 5.95. The Morgan fingerprint density at radius 1 is 0.909 bits per heavy atom. The first-order valence-corrected chi connectivity index (χ1v) is 11.8. The normalized spacial score (nSPS) is 14.2. The van der Waals surface area contributed by atoms with Crippen molar-refractivity contribution in [2.75, 3.05) is 36.4 Å². The fourth-order valence-electron chi connectivity index (χ4n) is 4.06. The molecule has 33 heavy (non-hydrogen) atoms. The number of aryl methyl sites for hydroxylation is 2. The molecule has 1 fully saturated rings. The van der Waals surface area contributed by atoms with Gasteiger partial charge < -0.3 is 15.1 Å². The van der Waals surface area contributed by atoms with E-state index in [4.69, 9.17) is 28.2 Å². The molecule has 172 valence electrons. The third-order valence-corrected chi connectivity index (χ3v) is 6.28. The number of hydrogen-bond donors (Lipinski definition) is 1. The molecular formula is C25H27Cl2N5O. The standard InChI is InChI=1S/C25H27Cl2N5O/c1-17-23(16-19-4-6-20(26)7-5-19)24(29-18(2)28-17)31-12-3-13-32(15-14-31)25(33)30-22-10-8-21(27)9-11-22/h4-11H,3,12-16H2,1-2H3,(H,30,33). The van der Waals surface area contributed by atoms with E-state index in [1.54, 1.807) is 24.3 Å². The molecule has 2 amide bonds. The summed E-state index contributed by atoms with van der Waals surface area (Å²) in [5, 5.41) is 4.33. The Morgan fingerprint density at radius 2 is 1.58 bits per heavy atom. The van der Waals surface area contributed by atoms with E-state index in [2.05, 4.69) is 15.2 Å². The van der Waals surface area contributed by atoms with Gasteiger partial charge in [0.25, 0.3) is 0 Å². The first kappa shape index (κ1) is 23.3. The number of rotatable bonds is 4. The molecule has 0 unspecified atom stereocenters. The molecule has 0 radical (unpaired) electrons. The Bertz CT molecular complexity index is 1120. The molecule has 0 bridgehead atoms. The van der Waals surface area contributed by atoms with Crippen molar-refractivity contribution in [2.24, 2.45) is 0 Å². The first-order chi connectivity index (χ1) is 15.9. The number of urea groups is 1. The van der Waals surface area contributed by atoms with Crippen molar-refractivity contribution in [3.63, 3.8) is 0 Å². The zero-order chi connectivity index (χ0) is 23.4. The van der Waals surface area contributed by atoms with E-state index in [1.165, 1.54) is 0 Å². The molecule has 0 aliphatic carbocycles. The predicted molar refractivity (Wildman–Crippen MR) is 135 cm³/mol. The first-order valence-electron chi connectivity index (χ1n) is 11.0. The number of amides is 2. The van der Waals surface area contributed by atoms with Crippen molar-refractivity contribution in [3.8, 4) is 0 Å². The maximum absolute atomic E-state index is 12.8. The minimum atomic E-state index is -0.101. The molecule has 1 saturated heterocycles.